The molecule has 7 heteroatoms. The van der Waals surface area contributed by atoms with Gasteiger partial charge in [-0.3, -0.25) is 24.5 Å². The van der Waals surface area contributed by atoms with E-state index in [1.807, 2.05) is 29.2 Å². The van der Waals surface area contributed by atoms with E-state index in [4.69, 9.17) is 0 Å². The molecule has 2 bridgehead atoms. The summed E-state index contributed by atoms with van der Waals surface area (Å²) in [5, 5.41) is 13.0. The summed E-state index contributed by atoms with van der Waals surface area (Å²) in [4.78, 5) is 38.4. The van der Waals surface area contributed by atoms with Crippen molar-refractivity contribution in [2.24, 2.45) is 29.1 Å². The highest BCUT2D eigenvalue weighted by molar-refractivity contribution is 6.06. The van der Waals surface area contributed by atoms with Gasteiger partial charge in [-0.2, -0.15) is 5.26 Å². The highest BCUT2D eigenvalue weighted by Crippen LogP contribution is 2.63. The SMILES string of the molecule is CC1C(CN2C(=O)C(Cc3ccncc3)(Cc3ccncc3)NC2=CC(=O)c2cccc(C#N)c2)CC2CC1C2(C)C. The number of rotatable bonds is 8. The lowest BCUT2D eigenvalue weighted by molar-refractivity contribution is -0.142. The van der Waals surface area contributed by atoms with Gasteiger partial charge in [-0.05, 0) is 89.5 Å². The van der Waals surface area contributed by atoms with Gasteiger partial charge in [-0.15, -0.1) is 0 Å². The number of pyridine rings is 2. The Morgan fingerprint density at radius 3 is 2.26 bits per heavy atom. The summed E-state index contributed by atoms with van der Waals surface area (Å²) < 4.78 is 0. The number of amides is 1. The summed E-state index contributed by atoms with van der Waals surface area (Å²) >= 11 is 0. The number of nitrogens with one attached hydrogen (secondary N) is 1. The minimum atomic E-state index is -0.983. The second-order valence-electron chi connectivity index (χ2n) is 13.0. The second kappa shape index (κ2) is 10.8. The Bertz CT molecular complexity index is 1520. The summed E-state index contributed by atoms with van der Waals surface area (Å²) in [5.41, 5.74) is 2.19. The molecule has 4 aliphatic rings. The van der Waals surface area contributed by atoms with Crippen LogP contribution in [0.15, 0.2) is 85.2 Å². The van der Waals surface area contributed by atoms with E-state index in [1.54, 1.807) is 55.1 Å². The fourth-order valence-corrected chi connectivity index (χ4v) is 7.71. The van der Waals surface area contributed by atoms with Crippen molar-refractivity contribution in [3.8, 4) is 6.07 Å². The Kier molecular flexibility index (Phi) is 7.18. The maximum absolute atomic E-state index is 14.7. The topological polar surface area (TPSA) is 99.0 Å². The fourth-order valence-electron chi connectivity index (χ4n) is 7.71. The summed E-state index contributed by atoms with van der Waals surface area (Å²) in [5.74, 6) is 2.41. The van der Waals surface area contributed by atoms with Crippen LogP contribution in [0.4, 0.5) is 0 Å². The third-order valence-corrected chi connectivity index (χ3v) is 10.3. The molecule has 1 amide bonds. The molecule has 1 N–H and O–H groups in total. The van der Waals surface area contributed by atoms with Crippen LogP contribution in [0, 0.1) is 40.4 Å². The first kappa shape index (κ1) is 27.8. The molecular weight excluding hydrogens is 522 g/mol. The first-order valence-electron chi connectivity index (χ1n) is 14.8. The minimum Gasteiger partial charge on any atom is -0.357 e. The second-order valence-corrected chi connectivity index (χ2v) is 13.0. The van der Waals surface area contributed by atoms with Crippen molar-refractivity contribution < 1.29 is 9.59 Å². The van der Waals surface area contributed by atoms with Crippen LogP contribution >= 0.6 is 0 Å². The van der Waals surface area contributed by atoms with Crippen molar-refractivity contribution >= 4 is 11.7 Å². The average molecular weight is 560 g/mol. The van der Waals surface area contributed by atoms with Crippen molar-refractivity contribution in [3.63, 3.8) is 0 Å². The zero-order chi connectivity index (χ0) is 29.5. The monoisotopic (exact) mass is 559 g/mol. The molecule has 7 nitrogen and oxygen atoms in total. The standard InChI is InChI=1S/C35H37N5O2/c1-23-28(16-29-17-30(23)34(29,2)3)22-40-32(18-31(41)27-6-4-5-26(15-27)21-36)39-35(33(40)42,19-24-7-11-37-12-8-24)20-25-9-13-38-14-10-25/h4-15,18,23,28-30,39H,16-17,19-20,22H2,1-3H3. The molecule has 0 spiro atoms. The molecule has 1 aliphatic heterocycles. The average Bonchev–Trinajstić information content (AvgIpc) is 3.23. The van der Waals surface area contributed by atoms with Crippen molar-refractivity contribution in [2.45, 2.75) is 52.0 Å². The molecule has 3 saturated carbocycles. The molecule has 1 saturated heterocycles. The Morgan fingerprint density at radius 1 is 1.05 bits per heavy atom. The molecule has 7 rings (SSSR count). The van der Waals surface area contributed by atoms with Crippen LogP contribution in [-0.2, 0) is 17.6 Å². The van der Waals surface area contributed by atoms with Gasteiger partial charge in [0.15, 0.2) is 5.78 Å². The number of ketones is 1. The van der Waals surface area contributed by atoms with Crippen LogP contribution < -0.4 is 5.32 Å². The number of nitriles is 1. The summed E-state index contributed by atoms with van der Waals surface area (Å²) in [6.45, 7) is 7.68. The number of aromatic nitrogens is 2. The van der Waals surface area contributed by atoms with Crippen molar-refractivity contribution in [3.05, 3.63) is 107 Å². The number of allylic oxidation sites excluding steroid dienone is 1. The number of nitrogens with zero attached hydrogens (tertiary/aromatic N) is 4. The molecule has 2 aromatic heterocycles. The first-order valence-corrected chi connectivity index (χ1v) is 14.8. The van der Waals surface area contributed by atoms with Gasteiger partial charge in [0, 0.05) is 55.8 Å². The highest BCUT2D eigenvalue weighted by atomic mass is 16.2. The molecule has 42 heavy (non-hydrogen) atoms. The molecule has 0 radical (unpaired) electrons. The van der Waals surface area contributed by atoms with E-state index in [1.165, 1.54) is 6.42 Å². The maximum atomic E-state index is 14.7. The molecule has 3 aromatic rings. The number of hydrogen-bond acceptors (Lipinski definition) is 6. The maximum Gasteiger partial charge on any atom is 0.254 e. The molecule has 4 unspecified atom stereocenters. The zero-order valence-corrected chi connectivity index (χ0v) is 24.5. The number of benzene rings is 1. The summed E-state index contributed by atoms with van der Waals surface area (Å²) in [6, 6.07) is 16.6. The van der Waals surface area contributed by atoms with Crippen molar-refractivity contribution in [2.75, 3.05) is 6.54 Å². The lowest BCUT2D eigenvalue weighted by Gasteiger charge is -2.62. The normalized spacial score (nSPS) is 26.3. The number of hydrogen-bond donors (Lipinski definition) is 1. The van der Waals surface area contributed by atoms with E-state index >= 15 is 0 Å². The third-order valence-electron chi connectivity index (χ3n) is 10.3. The third kappa shape index (κ3) is 5.00. The summed E-state index contributed by atoms with van der Waals surface area (Å²) in [6.07, 6.45) is 11.8. The van der Waals surface area contributed by atoms with Gasteiger partial charge in [0.2, 0.25) is 0 Å². The Labute approximate surface area is 247 Å². The molecule has 214 valence electrons. The van der Waals surface area contributed by atoms with Gasteiger partial charge >= 0.3 is 0 Å². The van der Waals surface area contributed by atoms with Gasteiger partial charge in [0.05, 0.1) is 11.6 Å². The van der Waals surface area contributed by atoms with Gasteiger partial charge in [-0.1, -0.05) is 32.9 Å². The van der Waals surface area contributed by atoms with Gasteiger partial charge in [-0.25, -0.2) is 0 Å². The van der Waals surface area contributed by atoms with E-state index in [9.17, 15) is 14.9 Å². The van der Waals surface area contributed by atoms with E-state index < -0.39 is 5.54 Å². The van der Waals surface area contributed by atoms with Crippen LogP contribution in [0.1, 0.15) is 60.7 Å². The van der Waals surface area contributed by atoms with Crippen molar-refractivity contribution in [1.82, 2.24) is 20.2 Å². The lowest BCUT2D eigenvalue weighted by Crippen LogP contribution is -2.57. The van der Waals surface area contributed by atoms with Crippen LogP contribution in [0.3, 0.4) is 0 Å². The van der Waals surface area contributed by atoms with Gasteiger partial charge in [0.25, 0.3) is 5.91 Å². The largest absolute Gasteiger partial charge is 0.357 e. The zero-order valence-electron chi connectivity index (χ0n) is 24.5. The van der Waals surface area contributed by atoms with E-state index in [2.05, 4.69) is 42.1 Å². The predicted octanol–water partition coefficient (Wildman–Crippen LogP) is 5.35. The molecule has 1 aromatic carbocycles. The smallest absolute Gasteiger partial charge is 0.254 e. The minimum absolute atomic E-state index is 0.0216. The van der Waals surface area contributed by atoms with E-state index in [0.29, 0.717) is 65.4 Å². The molecule has 4 atom stereocenters. The van der Waals surface area contributed by atoms with E-state index in [-0.39, 0.29) is 11.7 Å². The van der Waals surface area contributed by atoms with Crippen LogP contribution in [0.5, 0.6) is 0 Å². The Morgan fingerprint density at radius 2 is 1.69 bits per heavy atom. The molecule has 4 fully saturated rings. The number of carbonyl (C=O) groups excluding carboxylic acids is 2. The Hall–Kier alpha value is -4.31. The first-order chi connectivity index (χ1) is 20.2. The lowest BCUT2D eigenvalue weighted by atomic mass is 9.43. The molecule has 3 heterocycles. The predicted molar refractivity (Wildman–Crippen MR) is 160 cm³/mol. The number of carbonyl (C=O) groups is 2. The number of fused-ring (bicyclic) bond motifs is 2. The highest BCUT2D eigenvalue weighted by Gasteiger charge is 2.57. The van der Waals surface area contributed by atoms with E-state index in [0.717, 1.165) is 17.5 Å². The van der Waals surface area contributed by atoms with Gasteiger partial charge in [0.1, 0.15) is 11.4 Å². The molecule has 3 aliphatic carbocycles. The van der Waals surface area contributed by atoms with Crippen molar-refractivity contribution in [1.29, 1.82) is 5.26 Å². The van der Waals surface area contributed by atoms with Crippen LogP contribution in [0.2, 0.25) is 0 Å². The van der Waals surface area contributed by atoms with Crippen LogP contribution in [0.25, 0.3) is 0 Å². The fraction of sp³-hybridized carbons (Fsp3) is 0.400. The summed E-state index contributed by atoms with van der Waals surface area (Å²) in [7, 11) is 0. The molecular formula is C35H37N5O2. The quantitative estimate of drug-likeness (QED) is 0.295. The van der Waals surface area contributed by atoms with Crippen LogP contribution in [-0.4, -0.2) is 38.6 Å². The Balaban J connectivity index is 1.39. The van der Waals surface area contributed by atoms with Gasteiger partial charge < -0.3 is 5.32 Å².